The molecule has 0 aromatic carbocycles. The molecule has 1 aromatic heterocycles. The van der Waals surface area contributed by atoms with Crippen LogP contribution in [0.4, 0.5) is 5.95 Å². The lowest BCUT2D eigenvalue weighted by Gasteiger charge is -2.25. The Kier molecular flexibility index (Phi) is 5.20. The van der Waals surface area contributed by atoms with Crippen molar-refractivity contribution in [3.8, 4) is 6.07 Å². The Morgan fingerprint density at radius 1 is 1.44 bits per heavy atom. The number of anilines is 1. The zero-order chi connectivity index (χ0) is 12.0. The lowest BCUT2D eigenvalue weighted by molar-refractivity contribution is 0.664. The number of rotatable bonds is 5. The highest BCUT2D eigenvalue weighted by atomic mass is 79.9. The molecule has 16 heavy (non-hydrogen) atoms. The molecular weight excluding hydrogens is 268 g/mol. The Morgan fingerprint density at radius 3 is 2.50 bits per heavy atom. The summed E-state index contributed by atoms with van der Waals surface area (Å²) >= 11 is 3.35. The lowest BCUT2D eigenvalue weighted by Crippen LogP contribution is -2.33. The largest absolute Gasteiger partial charge is 0.337 e. The van der Waals surface area contributed by atoms with E-state index >= 15 is 0 Å². The van der Waals surface area contributed by atoms with Gasteiger partial charge in [0.1, 0.15) is 0 Å². The monoisotopic (exact) mass is 282 g/mol. The molecule has 0 bridgehead atoms. The van der Waals surface area contributed by atoms with Gasteiger partial charge >= 0.3 is 0 Å². The van der Waals surface area contributed by atoms with Crippen LogP contribution in [0.2, 0.25) is 0 Å². The van der Waals surface area contributed by atoms with E-state index in [-0.39, 0.29) is 0 Å². The Labute approximate surface area is 104 Å². The van der Waals surface area contributed by atoms with Crippen molar-refractivity contribution in [3.05, 3.63) is 18.0 Å². The lowest BCUT2D eigenvalue weighted by atomic mass is 10.3. The van der Waals surface area contributed by atoms with Gasteiger partial charge in [0.25, 0.3) is 0 Å². The maximum Gasteiger partial charge on any atom is 0.225 e. The van der Waals surface area contributed by atoms with E-state index in [2.05, 4.69) is 45.8 Å². The topological polar surface area (TPSA) is 52.8 Å². The average Bonchev–Trinajstić information content (AvgIpc) is 2.30. The third kappa shape index (κ3) is 3.46. The number of nitriles is 1. The SMILES string of the molecule is CC(C)N(CCC#N)c1ncc(CBr)cn1. The quantitative estimate of drug-likeness (QED) is 0.779. The smallest absolute Gasteiger partial charge is 0.225 e. The van der Waals surface area contributed by atoms with Crippen LogP contribution >= 0.6 is 15.9 Å². The second kappa shape index (κ2) is 6.44. The van der Waals surface area contributed by atoms with Gasteiger partial charge in [0.15, 0.2) is 0 Å². The first-order chi connectivity index (χ1) is 7.69. The second-order valence-electron chi connectivity index (χ2n) is 3.72. The maximum atomic E-state index is 8.60. The van der Waals surface area contributed by atoms with Crippen molar-refractivity contribution in [2.45, 2.75) is 31.6 Å². The molecule has 0 N–H and O–H groups in total. The van der Waals surface area contributed by atoms with Gasteiger partial charge in [-0.05, 0) is 19.4 Å². The van der Waals surface area contributed by atoms with Crippen molar-refractivity contribution < 1.29 is 0 Å². The maximum absolute atomic E-state index is 8.60. The molecule has 86 valence electrons. The van der Waals surface area contributed by atoms with Crippen LogP contribution in [0.15, 0.2) is 12.4 Å². The number of hydrogen-bond donors (Lipinski definition) is 0. The molecule has 1 heterocycles. The summed E-state index contributed by atoms with van der Waals surface area (Å²) in [5, 5.41) is 9.36. The fraction of sp³-hybridized carbons (Fsp3) is 0.545. The summed E-state index contributed by atoms with van der Waals surface area (Å²) in [6.45, 7) is 4.81. The summed E-state index contributed by atoms with van der Waals surface area (Å²) in [5.74, 6) is 0.690. The van der Waals surface area contributed by atoms with E-state index in [1.54, 1.807) is 12.4 Å². The van der Waals surface area contributed by atoms with Gasteiger partial charge in [-0.2, -0.15) is 5.26 Å². The molecule has 4 nitrogen and oxygen atoms in total. The van der Waals surface area contributed by atoms with Crippen molar-refractivity contribution in [2.24, 2.45) is 0 Å². The highest BCUT2D eigenvalue weighted by molar-refractivity contribution is 9.08. The minimum absolute atomic E-state index is 0.295. The third-order valence-corrected chi connectivity index (χ3v) is 2.84. The van der Waals surface area contributed by atoms with Gasteiger partial charge < -0.3 is 4.90 Å². The average molecular weight is 283 g/mol. The first-order valence-corrected chi connectivity index (χ1v) is 6.31. The molecule has 0 saturated heterocycles. The van der Waals surface area contributed by atoms with Crippen LogP contribution in [-0.4, -0.2) is 22.6 Å². The van der Waals surface area contributed by atoms with Crippen LogP contribution in [0, 0.1) is 11.3 Å². The zero-order valence-corrected chi connectivity index (χ0v) is 11.1. The first kappa shape index (κ1) is 12.9. The van der Waals surface area contributed by atoms with Crippen molar-refractivity contribution in [2.75, 3.05) is 11.4 Å². The van der Waals surface area contributed by atoms with E-state index < -0.39 is 0 Å². The molecule has 0 spiro atoms. The fourth-order valence-corrected chi connectivity index (χ4v) is 1.61. The Morgan fingerprint density at radius 2 is 2.06 bits per heavy atom. The molecular formula is C11H15BrN4. The summed E-state index contributed by atoms with van der Waals surface area (Å²) in [4.78, 5) is 10.6. The van der Waals surface area contributed by atoms with Gasteiger partial charge in [0, 0.05) is 30.3 Å². The summed E-state index contributed by atoms with van der Waals surface area (Å²) < 4.78 is 0. The first-order valence-electron chi connectivity index (χ1n) is 5.19. The molecule has 0 unspecified atom stereocenters. The summed E-state index contributed by atoms with van der Waals surface area (Å²) in [7, 11) is 0. The summed E-state index contributed by atoms with van der Waals surface area (Å²) in [6, 6.07) is 2.44. The van der Waals surface area contributed by atoms with Crippen LogP contribution in [0.25, 0.3) is 0 Å². The van der Waals surface area contributed by atoms with Gasteiger partial charge in [0.05, 0.1) is 12.5 Å². The van der Waals surface area contributed by atoms with Gasteiger partial charge in [-0.3, -0.25) is 0 Å². The summed E-state index contributed by atoms with van der Waals surface area (Å²) in [5.41, 5.74) is 1.05. The van der Waals surface area contributed by atoms with Gasteiger partial charge in [-0.1, -0.05) is 15.9 Å². The van der Waals surface area contributed by atoms with Gasteiger partial charge in [-0.25, -0.2) is 9.97 Å². The van der Waals surface area contributed by atoms with Crippen molar-refractivity contribution in [1.29, 1.82) is 5.26 Å². The highest BCUT2D eigenvalue weighted by Crippen LogP contribution is 2.12. The number of aromatic nitrogens is 2. The molecule has 0 saturated carbocycles. The second-order valence-corrected chi connectivity index (χ2v) is 4.28. The molecule has 1 rings (SSSR count). The molecule has 0 aliphatic carbocycles. The number of alkyl halides is 1. The van der Waals surface area contributed by atoms with Crippen LogP contribution in [0.5, 0.6) is 0 Å². The molecule has 0 atom stereocenters. The van der Waals surface area contributed by atoms with E-state index in [0.717, 1.165) is 10.9 Å². The number of halogens is 1. The number of hydrogen-bond acceptors (Lipinski definition) is 4. The predicted molar refractivity (Wildman–Crippen MR) is 67.4 cm³/mol. The van der Waals surface area contributed by atoms with E-state index in [1.165, 1.54) is 0 Å². The highest BCUT2D eigenvalue weighted by Gasteiger charge is 2.12. The third-order valence-electron chi connectivity index (χ3n) is 2.19. The van der Waals surface area contributed by atoms with Crippen LogP contribution in [-0.2, 0) is 5.33 Å². The van der Waals surface area contributed by atoms with Crippen molar-refractivity contribution in [3.63, 3.8) is 0 Å². The van der Waals surface area contributed by atoms with Crippen LogP contribution in [0.3, 0.4) is 0 Å². The molecule has 5 heteroatoms. The summed E-state index contributed by atoms with van der Waals surface area (Å²) in [6.07, 6.45) is 4.10. The Bertz CT molecular complexity index is 355. The molecule has 0 radical (unpaired) electrons. The Balaban J connectivity index is 2.80. The predicted octanol–water partition coefficient (Wildman–Crippen LogP) is 2.50. The fourth-order valence-electron chi connectivity index (χ4n) is 1.32. The van der Waals surface area contributed by atoms with E-state index in [9.17, 15) is 0 Å². The van der Waals surface area contributed by atoms with E-state index in [4.69, 9.17) is 5.26 Å². The number of nitrogens with zero attached hydrogens (tertiary/aromatic N) is 4. The minimum Gasteiger partial charge on any atom is -0.337 e. The van der Waals surface area contributed by atoms with E-state index in [1.807, 2.05) is 4.90 Å². The van der Waals surface area contributed by atoms with Crippen molar-refractivity contribution >= 4 is 21.9 Å². The van der Waals surface area contributed by atoms with Gasteiger partial charge in [0.2, 0.25) is 5.95 Å². The molecule has 0 aliphatic rings. The van der Waals surface area contributed by atoms with E-state index in [0.29, 0.717) is 25.0 Å². The van der Waals surface area contributed by atoms with Crippen molar-refractivity contribution in [1.82, 2.24) is 9.97 Å². The van der Waals surface area contributed by atoms with Crippen LogP contribution < -0.4 is 4.90 Å². The zero-order valence-electron chi connectivity index (χ0n) is 9.52. The molecule has 0 amide bonds. The van der Waals surface area contributed by atoms with Gasteiger partial charge in [-0.15, -0.1) is 0 Å². The Hall–Kier alpha value is -1.15. The molecule has 0 fully saturated rings. The standard InChI is InChI=1S/C11H15BrN4/c1-9(2)16(5-3-4-13)11-14-7-10(6-12)8-15-11/h7-9H,3,5-6H2,1-2H3. The normalized spacial score (nSPS) is 10.2. The molecule has 0 aliphatic heterocycles. The molecule has 1 aromatic rings. The van der Waals surface area contributed by atoms with Crippen LogP contribution in [0.1, 0.15) is 25.8 Å². The minimum atomic E-state index is 0.295.